The van der Waals surface area contributed by atoms with Crippen molar-refractivity contribution in [3.05, 3.63) is 47.3 Å². The van der Waals surface area contributed by atoms with Crippen molar-refractivity contribution in [3.63, 3.8) is 0 Å². The largest absolute Gasteiger partial charge is 0.384 e. The highest BCUT2D eigenvalue weighted by Gasteiger charge is 2.39. The number of nitrogens with two attached hydrogens (primary N) is 2. The zero-order valence-electron chi connectivity index (χ0n) is 9.96. The Bertz CT molecular complexity index is 603. The molecule has 2 atom stereocenters. The molecule has 1 aliphatic rings. The number of primary amides is 1. The molecule has 0 radical (unpaired) electrons. The molecule has 1 aromatic rings. The van der Waals surface area contributed by atoms with Gasteiger partial charge in [0.05, 0.1) is 16.6 Å². The lowest BCUT2D eigenvalue weighted by molar-refractivity contribution is -0.120. The minimum absolute atomic E-state index is 0.179. The molecule has 0 saturated carbocycles. The summed E-state index contributed by atoms with van der Waals surface area (Å²) in [5, 5.41) is 11.9. The number of hydrogen-bond acceptors (Lipinski definition) is 4. The quantitative estimate of drug-likeness (QED) is 0.680. The van der Waals surface area contributed by atoms with Crippen molar-refractivity contribution < 1.29 is 4.79 Å². The molecule has 1 aliphatic heterocycles. The van der Waals surface area contributed by atoms with Gasteiger partial charge in [0.15, 0.2) is 0 Å². The highest BCUT2D eigenvalue weighted by molar-refractivity contribution is 7.80. The minimum Gasteiger partial charge on any atom is -0.384 e. The van der Waals surface area contributed by atoms with Crippen molar-refractivity contribution in [2.24, 2.45) is 17.4 Å². The van der Waals surface area contributed by atoms with Crippen LogP contribution in [0.25, 0.3) is 0 Å². The SMILES string of the molecule is N#CC1=C(N)NC(=S)C(C(N)=O)C1c1ccccc1. The molecule has 0 aliphatic carbocycles. The Morgan fingerprint density at radius 1 is 1.37 bits per heavy atom. The summed E-state index contributed by atoms with van der Waals surface area (Å²) in [7, 11) is 0. The molecule has 96 valence electrons. The molecule has 2 unspecified atom stereocenters. The number of hydrogen-bond donors (Lipinski definition) is 3. The van der Waals surface area contributed by atoms with Gasteiger partial charge in [0.25, 0.3) is 0 Å². The van der Waals surface area contributed by atoms with Crippen LogP contribution in [0.2, 0.25) is 0 Å². The first kappa shape index (κ1) is 13.1. The lowest BCUT2D eigenvalue weighted by atomic mass is 9.78. The Hall–Kier alpha value is -2.39. The maximum Gasteiger partial charge on any atom is 0.228 e. The Morgan fingerprint density at radius 2 is 2.00 bits per heavy atom. The fourth-order valence-electron chi connectivity index (χ4n) is 2.21. The first-order valence-electron chi connectivity index (χ1n) is 5.61. The molecule has 0 fully saturated rings. The molecule has 0 aromatic heterocycles. The summed E-state index contributed by atoms with van der Waals surface area (Å²) in [5.41, 5.74) is 12.3. The summed E-state index contributed by atoms with van der Waals surface area (Å²) >= 11 is 5.12. The van der Waals surface area contributed by atoms with Gasteiger partial charge in [-0.2, -0.15) is 5.26 Å². The average Bonchev–Trinajstić information content (AvgIpc) is 2.38. The van der Waals surface area contributed by atoms with E-state index in [1.54, 1.807) is 0 Å². The zero-order chi connectivity index (χ0) is 14.0. The van der Waals surface area contributed by atoms with E-state index >= 15 is 0 Å². The third kappa shape index (κ3) is 2.28. The first-order chi connectivity index (χ1) is 9.06. The van der Waals surface area contributed by atoms with Crippen LogP contribution in [0.3, 0.4) is 0 Å². The van der Waals surface area contributed by atoms with Gasteiger partial charge in [0.2, 0.25) is 5.91 Å². The minimum atomic E-state index is -0.764. The zero-order valence-corrected chi connectivity index (χ0v) is 10.8. The van der Waals surface area contributed by atoms with E-state index in [1.807, 2.05) is 36.4 Å². The van der Waals surface area contributed by atoms with Gasteiger partial charge in [-0.1, -0.05) is 42.5 Å². The molecule has 5 nitrogen and oxygen atoms in total. The van der Waals surface area contributed by atoms with Crippen LogP contribution in [-0.4, -0.2) is 10.9 Å². The van der Waals surface area contributed by atoms with Gasteiger partial charge < -0.3 is 16.8 Å². The van der Waals surface area contributed by atoms with Crippen LogP contribution in [0.15, 0.2) is 41.7 Å². The van der Waals surface area contributed by atoms with Crippen LogP contribution in [0.4, 0.5) is 0 Å². The first-order valence-corrected chi connectivity index (χ1v) is 6.02. The van der Waals surface area contributed by atoms with Crippen molar-refractivity contribution in [3.8, 4) is 6.07 Å². The van der Waals surface area contributed by atoms with E-state index in [0.717, 1.165) is 5.56 Å². The van der Waals surface area contributed by atoms with Gasteiger partial charge in [-0.05, 0) is 5.56 Å². The average molecular weight is 272 g/mol. The summed E-state index contributed by atoms with van der Waals surface area (Å²) in [4.78, 5) is 11.9. The second-order valence-electron chi connectivity index (χ2n) is 4.20. The number of nitrogens with zero attached hydrogens (tertiary/aromatic N) is 1. The second-order valence-corrected chi connectivity index (χ2v) is 4.64. The van der Waals surface area contributed by atoms with Crippen molar-refractivity contribution in [1.29, 1.82) is 5.26 Å². The Morgan fingerprint density at radius 3 is 2.53 bits per heavy atom. The monoisotopic (exact) mass is 272 g/mol. The van der Waals surface area contributed by atoms with E-state index in [-0.39, 0.29) is 16.4 Å². The molecule has 6 heteroatoms. The number of amides is 1. The smallest absolute Gasteiger partial charge is 0.228 e. The van der Waals surface area contributed by atoms with Crippen molar-refractivity contribution in [2.45, 2.75) is 5.92 Å². The number of nitrogens with one attached hydrogen (secondary N) is 1. The third-order valence-corrected chi connectivity index (χ3v) is 3.42. The Balaban J connectivity index is 2.61. The highest BCUT2D eigenvalue weighted by atomic mass is 32.1. The van der Waals surface area contributed by atoms with Gasteiger partial charge in [-0.25, -0.2) is 0 Å². The van der Waals surface area contributed by atoms with Crippen LogP contribution >= 0.6 is 12.2 Å². The van der Waals surface area contributed by atoms with Crippen molar-refractivity contribution in [1.82, 2.24) is 5.32 Å². The highest BCUT2D eigenvalue weighted by Crippen LogP contribution is 2.35. The van der Waals surface area contributed by atoms with E-state index in [1.165, 1.54) is 0 Å². The summed E-state index contributed by atoms with van der Waals surface area (Å²) in [6, 6.07) is 11.2. The molecular formula is C13H12N4OS. The lowest BCUT2D eigenvalue weighted by Crippen LogP contribution is -2.47. The molecule has 0 saturated heterocycles. The van der Waals surface area contributed by atoms with Gasteiger partial charge in [0, 0.05) is 5.92 Å². The molecular weight excluding hydrogens is 260 g/mol. The standard InChI is InChI=1S/C13H12N4OS/c14-6-8-9(7-4-2-1-3-5-7)10(12(16)18)13(19)17-11(8)15/h1-5,9-10H,15H2,(H2,16,18)(H,17,19). The second kappa shape index (κ2) is 5.08. The molecule has 1 heterocycles. The summed E-state index contributed by atoms with van der Waals surface area (Å²) in [5.74, 6) is -1.69. The number of benzene rings is 1. The normalized spacial score (nSPS) is 22.6. The molecule has 0 bridgehead atoms. The van der Waals surface area contributed by atoms with Gasteiger partial charge in [-0.3, -0.25) is 4.79 Å². The number of nitriles is 1. The number of rotatable bonds is 2. The fraction of sp³-hybridized carbons (Fsp3) is 0.154. The maximum atomic E-state index is 11.6. The van der Waals surface area contributed by atoms with Crippen LogP contribution in [0.5, 0.6) is 0 Å². The Labute approximate surface area is 115 Å². The van der Waals surface area contributed by atoms with E-state index < -0.39 is 17.7 Å². The molecule has 5 N–H and O–H groups in total. The van der Waals surface area contributed by atoms with Crippen LogP contribution in [-0.2, 0) is 4.79 Å². The van der Waals surface area contributed by atoms with Crippen LogP contribution in [0, 0.1) is 17.2 Å². The number of thiocarbonyl (C=S) groups is 1. The molecule has 1 aromatic carbocycles. The molecule has 1 amide bonds. The molecule has 2 rings (SSSR count). The predicted octanol–water partition coefficient (Wildman–Crippen LogP) is 0.496. The van der Waals surface area contributed by atoms with Gasteiger partial charge in [-0.15, -0.1) is 0 Å². The maximum absolute atomic E-state index is 11.6. The van der Waals surface area contributed by atoms with Crippen molar-refractivity contribution >= 4 is 23.1 Å². The van der Waals surface area contributed by atoms with E-state index in [2.05, 4.69) is 5.32 Å². The van der Waals surface area contributed by atoms with Gasteiger partial charge >= 0.3 is 0 Å². The van der Waals surface area contributed by atoms with Gasteiger partial charge in [0.1, 0.15) is 11.7 Å². The number of carbonyl (C=O) groups excluding carboxylic acids is 1. The summed E-state index contributed by atoms with van der Waals surface area (Å²) in [6.07, 6.45) is 0. The predicted molar refractivity (Wildman–Crippen MR) is 74.4 cm³/mol. The summed E-state index contributed by atoms with van der Waals surface area (Å²) in [6.45, 7) is 0. The molecule has 0 spiro atoms. The van der Waals surface area contributed by atoms with E-state index in [0.29, 0.717) is 0 Å². The topological polar surface area (TPSA) is 105 Å². The van der Waals surface area contributed by atoms with Crippen molar-refractivity contribution in [2.75, 3.05) is 0 Å². The summed E-state index contributed by atoms with van der Waals surface area (Å²) < 4.78 is 0. The van der Waals surface area contributed by atoms with E-state index in [4.69, 9.17) is 23.7 Å². The third-order valence-electron chi connectivity index (χ3n) is 3.06. The lowest BCUT2D eigenvalue weighted by Gasteiger charge is -2.31. The fourth-order valence-corrected chi connectivity index (χ4v) is 2.57. The van der Waals surface area contributed by atoms with Crippen LogP contribution < -0.4 is 16.8 Å². The Kier molecular flexibility index (Phi) is 3.49. The van der Waals surface area contributed by atoms with Crippen LogP contribution in [0.1, 0.15) is 11.5 Å². The number of carbonyl (C=O) groups is 1. The van der Waals surface area contributed by atoms with E-state index in [9.17, 15) is 10.1 Å². The molecule has 19 heavy (non-hydrogen) atoms. The number of allylic oxidation sites excluding steroid dienone is 1.